The van der Waals surface area contributed by atoms with Crippen LogP contribution >= 0.6 is 11.6 Å². The molecule has 0 aliphatic heterocycles. The van der Waals surface area contributed by atoms with E-state index in [-0.39, 0.29) is 11.2 Å². The Labute approximate surface area is 110 Å². The zero-order chi connectivity index (χ0) is 13.0. The monoisotopic (exact) mass is 264 g/mol. The SMILES string of the molecule is CCc1cccnc1CNc1nc(N)nc(Cl)n1. The molecular weight excluding hydrogens is 252 g/mol. The zero-order valence-electron chi connectivity index (χ0n) is 9.89. The molecule has 2 rings (SSSR count). The molecule has 0 aliphatic rings. The van der Waals surface area contributed by atoms with Crippen LogP contribution in [0.5, 0.6) is 0 Å². The molecule has 2 heterocycles. The Bertz CT molecular complexity index is 525. The highest BCUT2D eigenvalue weighted by molar-refractivity contribution is 6.28. The molecule has 0 amide bonds. The van der Waals surface area contributed by atoms with E-state index in [1.54, 1.807) is 6.20 Å². The van der Waals surface area contributed by atoms with Gasteiger partial charge in [0.05, 0.1) is 12.2 Å². The lowest BCUT2D eigenvalue weighted by Crippen LogP contribution is -2.09. The minimum absolute atomic E-state index is 0.0711. The van der Waals surface area contributed by atoms with E-state index in [2.05, 4.69) is 32.2 Å². The summed E-state index contributed by atoms with van der Waals surface area (Å²) < 4.78 is 0. The van der Waals surface area contributed by atoms with Crippen molar-refractivity contribution in [2.45, 2.75) is 19.9 Å². The van der Waals surface area contributed by atoms with Crippen LogP contribution in [0.15, 0.2) is 18.3 Å². The van der Waals surface area contributed by atoms with Crippen molar-refractivity contribution in [1.82, 2.24) is 19.9 Å². The molecule has 6 nitrogen and oxygen atoms in total. The number of aromatic nitrogens is 4. The molecule has 94 valence electrons. The normalized spacial score (nSPS) is 10.3. The van der Waals surface area contributed by atoms with Gasteiger partial charge in [-0.1, -0.05) is 13.0 Å². The summed E-state index contributed by atoms with van der Waals surface area (Å²) in [5.41, 5.74) is 7.61. The van der Waals surface area contributed by atoms with Gasteiger partial charge in [0.15, 0.2) is 0 Å². The van der Waals surface area contributed by atoms with E-state index in [4.69, 9.17) is 17.3 Å². The molecule has 0 aromatic carbocycles. The Morgan fingerprint density at radius 1 is 1.33 bits per heavy atom. The van der Waals surface area contributed by atoms with E-state index >= 15 is 0 Å². The summed E-state index contributed by atoms with van der Waals surface area (Å²) in [7, 11) is 0. The number of hydrogen-bond donors (Lipinski definition) is 2. The summed E-state index contributed by atoms with van der Waals surface area (Å²) in [6.07, 6.45) is 2.68. The number of anilines is 2. The smallest absolute Gasteiger partial charge is 0.229 e. The summed E-state index contributed by atoms with van der Waals surface area (Å²) >= 11 is 5.69. The molecule has 0 aliphatic carbocycles. The standard InChI is InChI=1S/C11H13ClN6/c1-2-7-4-3-5-14-8(7)6-15-11-17-9(12)16-10(13)18-11/h3-5H,2,6H2,1H3,(H3,13,15,16,17,18). The number of pyridine rings is 1. The van der Waals surface area contributed by atoms with Crippen LogP contribution in [0.2, 0.25) is 5.28 Å². The van der Waals surface area contributed by atoms with E-state index in [9.17, 15) is 0 Å². The molecule has 0 bridgehead atoms. The number of nitrogen functional groups attached to an aromatic ring is 1. The minimum atomic E-state index is 0.0711. The minimum Gasteiger partial charge on any atom is -0.368 e. The van der Waals surface area contributed by atoms with Gasteiger partial charge in [-0.15, -0.1) is 0 Å². The van der Waals surface area contributed by atoms with Gasteiger partial charge in [-0.25, -0.2) is 0 Å². The number of halogens is 1. The molecule has 3 N–H and O–H groups in total. The maximum absolute atomic E-state index is 5.69. The largest absolute Gasteiger partial charge is 0.368 e. The van der Waals surface area contributed by atoms with Gasteiger partial charge in [-0.05, 0) is 29.7 Å². The van der Waals surface area contributed by atoms with Crippen molar-refractivity contribution in [2.75, 3.05) is 11.1 Å². The van der Waals surface area contributed by atoms with Gasteiger partial charge >= 0.3 is 0 Å². The second kappa shape index (κ2) is 5.59. The number of hydrogen-bond acceptors (Lipinski definition) is 6. The lowest BCUT2D eigenvalue weighted by atomic mass is 10.1. The third kappa shape index (κ3) is 3.04. The summed E-state index contributed by atoms with van der Waals surface area (Å²) in [5, 5.41) is 3.10. The first-order chi connectivity index (χ1) is 8.69. The van der Waals surface area contributed by atoms with Crippen molar-refractivity contribution in [2.24, 2.45) is 0 Å². The van der Waals surface area contributed by atoms with E-state index in [1.165, 1.54) is 5.56 Å². The fourth-order valence-corrected chi connectivity index (χ4v) is 1.73. The topological polar surface area (TPSA) is 89.6 Å². The van der Waals surface area contributed by atoms with Gasteiger partial charge < -0.3 is 11.1 Å². The van der Waals surface area contributed by atoms with Crippen LogP contribution in [0.4, 0.5) is 11.9 Å². The average Bonchev–Trinajstić information content (AvgIpc) is 2.35. The molecule has 0 saturated carbocycles. The molecule has 0 spiro atoms. The van der Waals surface area contributed by atoms with E-state index in [1.807, 2.05) is 12.1 Å². The Kier molecular flexibility index (Phi) is 3.88. The Morgan fingerprint density at radius 2 is 2.17 bits per heavy atom. The molecule has 2 aromatic rings. The zero-order valence-corrected chi connectivity index (χ0v) is 10.6. The maximum Gasteiger partial charge on any atom is 0.229 e. The quantitative estimate of drug-likeness (QED) is 0.873. The molecule has 0 fully saturated rings. The van der Waals surface area contributed by atoms with Gasteiger partial charge in [-0.3, -0.25) is 4.98 Å². The van der Waals surface area contributed by atoms with Crippen molar-refractivity contribution in [1.29, 1.82) is 0 Å². The predicted molar refractivity (Wildman–Crippen MR) is 70.2 cm³/mol. The van der Waals surface area contributed by atoms with Crippen LogP contribution in [-0.2, 0) is 13.0 Å². The van der Waals surface area contributed by atoms with Crippen molar-refractivity contribution in [3.8, 4) is 0 Å². The number of nitrogens with zero attached hydrogens (tertiary/aromatic N) is 4. The Hall–Kier alpha value is -1.95. The van der Waals surface area contributed by atoms with Crippen LogP contribution in [0.25, 0.3) is 0 Å². The predicted octanol–water partition coefficient (Wildman–Crippen LogP) is 1.68. The van der Waals surface area contributed by atoms with E-state index < -0.39 is 0 Å². The number of rotatable bonds is 4. The van der Waals surface area contributed by atoms with Crippen LogP contribution in [0.1, 0.15) is 18.2 Å². The lowest BCUT2D eigenvalue weighted by molar-refractivity contribution is 0.943. The van der Waals surface area contributed by atoms with Crippen molar-refractivity contribution >= 4 is 23.5 Å². The molecule has 0 atom stereocenters. The van der Waals surface area contributed by atoms with Crippen LogP contribution in [0, 0.1) is 0 Å². The van der Waals surface area contributed by atoms with Gasteiger partial charge in [0, 0.05) is 6.20 Å². The highest BCUT2D eigenvalue weighted by Gasteiger charge is 2.05. The van der Waals surface area contributed by atoms with Crippen molar-refractivity contribution in [3.05, 3.63) is 34.9 Å². The first-order valence-electron chi connectivity index (χ1n) is 5.52. The summed E-state index contributed by atoms with van der Waals surface area (Å²) in [6, 6.07) is 3.96. The molecule has 0 unspecified atom stereocenters. The maximum atomic E-state index is 5.69. The summed E-state index contributed by atoms with van der Waals surface area (Å²) in [4.78, 5) is 15.9. The molecule has 18 heavy (non-hydrogen) atoms. The molecular formula is C11H13ClN6. The van der Waals surface area contributed by atoms with E-state index in [0.717, 1.165) is 12.1 Å². The van der Waals surface area contributed by atoms with Crippen LogP contribution in [0.3, 0.4) is 0 Å². The Morgan fingerprint density at radius 3 is 2.89 bits per heavy atom. The molecule has 2 aromatic heterocycles. The summed E-state index contributed by atoms with van der Waals surface area (Å²) in [5.74, 6) is 0.439. The second-order valence-electron chi connectivity index (χ2n) is 3.60. The third-order valence-electron chi connectivity index (χ3n) is 2.40. The molecule has 0 saturated heterocycles. The van der Waals surface area contributed by atoms with E-state index in [0.29, 0.717) is 12.5 Å². The fourth-order valence-electron chi connectivity index (χ4n) is 1.56. The second-order valence-corrected chi connectivity index (χ2v) is 3.94. The highest BCUT2D eigenvalue weighted by atomic mass is 35.5. The van der Waals surface area contributed by atoms with Crippen molar-refractivity contribution in [3.63, 3.8) is 0 Å². The molecule has 7 heteroatoms. The lowest BCUT2D eigenvalue weighted by Gasteiger charge is -2.08. The number of nitrogens with two attached hydrogens (primary N) is 1. The fraction of sp³-hybridized carbons (Fsp3) is 0.273. The van der Waals surface area contributed by atoms with Crippen molar-refractivity contribution < 1.29 is 0 Å². The van der Waals surface area contributed by atoms with Gasteiger partial charge in [0.2, 0.25) is 17.2 Å². The highest BCUT2D eigenvalue weighted by Crippen LogP contribution is 2.10. The van der Waals surface area contributed by atoms with Gasteiger partial charge in [0.1, 0.15) is 0 Å². The van der Waals surface area contributed by atoms with Gasteiger partial charge in [0.25, 0.3) is 0 Å². The van der Waals surface area contributed by atoms with Crippen LogP contribution < -0.4 is 11.1 Å². The average molecular weight is 265 g/mol. The Balaban J connectivity index is 2.11. The van der Waals surface area contributed by atoms with Gasteiger partial charge in [-0.2, -0.15) is 15.0 Å². The first kappa shape index (κ1) is 12.5. The molecule has 0 radical (unpaired) electrons. The number of nitrogens with one attached hydrogen (secondary N) is 1. The third-order valence-corrected chi connectivity index (χ3v) is 2.57. The number of aryl methyl sites for hydroxylation is 1. The first-order valence-corrected chi connectivity index (χ1v) is 5.90. The summed E-state index contributed by atoms with van der Waals surface area (Å²) in [6.45, 7) is 2.60. The van der Waals surface area contributed by atoms with Crippen LogP contribution in [-0.4, -0.2) is 19.9 Å².